The minimum atomic E-state index is -4.22. The Morgan fingerprint density at radius 3 is 2.29 bits per heavy atom. The molecule has 0 aliphatic heterocycles. The molecule has 0 aromatic carbocycles. The summed E-state index contributed by atoms with van der Waals surface area (Å²) in [7, 11) is -8.45. The van der Waals surface area contributed by atoms with Gasteiger partial charge in [0.1, 0.15) is 4.70 Å². The normalized spacial score (nSPS) is 12.7. The Morgan fingerprint density at radius 2 is 1.81 bits per heavy atom. The van der Waals surface area contributed by atoms with Crippen molar-refractivity contribution in [3.8, 4) is 0 Å². The van der Waals surface area contributed by atoms with Crippen LogP contribution in [0.25, 0.3) is 10.2 Å². The van der Waals surface area contributed by atoms with E-state index in [1.54, 1.807) is 17.7 Å². The lowest BCUT2D eigenvalue weighted by molar-refractivity contribution is 0.562. The molecule has 0 bridgehead atoms. The minimum absolute atomic E-state index is 0.0262. The van der Waals surface area contributed by atoms with Gasteiger partial charge in [-0.2, -0.15) is 4.68 Å². The quantitative estimate of drug-likeness (QED) is 0.553. The first-order valence-electron chi connectivity index (χ1n) is 5.32. The molecular weight excluding hydrogens is 358 g/mol. The molecule has 2 rings (SSSR count). The molecule has 116 valence electrons. The molecule has 2 aromatic rings. The number of fused-ring (bicyclic) bond motifs is 1. The van der Waals surface area contributed by atoms with Crippen molar-refractivity contribution < 1.29 is 16.8 Å². The van der Waals surface area contributed by atoms with Gasteiger partial charge in [-0.1, -0.05) is 15.6 Å². The van der Waals surface area contributed by atoms with Crippen molar-refractivity contribution in [1.29, 1.82) is 0 Å². The van der Waals surface area contributed by atoms with Gasteiger partial charge in [-0.05, 0) is 17.7 Å². The minimum Gasteiger partial charge on any atom is -0.266 e. The summed E-state index contributed by atoms with van der Waals surface area (Å²) < 4.78 is 48.1. The molecule has 12 heteroatoms. The second-order valence-corrected chi connectivity index (χ2v) is 9.60. The summed E-state index contributed by atoms with van der Waals surface area (Å²) in [6.07, 6.45) is 2.99. The third-order valence-corrected chi connectivity index (χ3v) is 6.95. The van der Waals surface area contributed by atoms with E-state index < -0.39 is 25.6 Å². The highest BCUT2D eigenvalue weighted by Gasteiger charge is 2.31. The van der Waals surface area contributed by atoms with Crippen LogP contribution in [0.2, 0.25) is 0 Å². The van der Waals surface area contributed by atoms with Crippen LogP contribution in [0.4, 0.5) is 0 Å². The van der Waals surface area contributed by atoms with Gasteiger partial charge in [-0.25, -0.2) is 21.8 Å². The molecule has 2 aromatic heterocycles. The predicted octanol–water partition coefficient (Wildman–Crippen LogP) is 0.0371. The van der Waals surface area contributed by atoms with Crippen LogP contribution in [0.5, 0.6) is 0 Å². The number of aromatic nitrogens is 2. The summed E-state index contributed by atoms with van der Waals surface area (Å²) >= 11 is 2.04. The van der Waals surface area contributed by atoms with E-state index in [1.807, 2.05) is 0 Å². The molecule has 0 atom stereocenters. The molecule has 0 N–H and O–H groups in total. The Kier molecular flexibility index (Phi) is 4.08. The number of hydrogen-bond acceptors (Lipinski definition) is 8. The van der Waals surface area contributed by atoms with Gasteiger partial charge in [0.15, 0.2) is 5.16 Å². The van der Waals surface area contributed by atoms with E-state index in [9.17, 15) is 21.6 Å². The topological polar surface area (TPSA) is 106 Å². The van der Waals surface area contributed by atoms with E-state index in [0.29, 0.717) is 22.7 Å². The maximum atomic E-state index is 12.5. The molecule has 0 fully saturated rings. The fourth-order valence-corrected chi connectivity index (χ4v) is 5.95. The maximum Gasteiger partial charge on any atom is 0.292 e. The summed E-state index contributed by atoms with van der Waals surface area (Å²) in [5.41, 5.74) is -0.345. The Hall–Kier alpha value is -1.11. The zero-order chi connectivity index (χ0) is 16.0. The summed E-state index contributed by atoms with van der Waals surface area (Å²) in [6.45, 7) is 0. The van der Waals surface area contributed by atoms with Crippen molar-refractivity contribution in [2.45, 2.75) is 5.16 Å². The van der Waals surface area contributed by atoms with Crippen LogP contribution in [0.3, 0.4) is 0 Å². The Balaban J connectivity index is 2.98. The monoisotopic (exact) mass is 369 g/mol. The number of rotatable bonds is 4. The highest BCUT2D eigenvalue weighted by Crippen LogP contribution is 2.20. The number of hydrogen-bond donors (Lipinski definition) is 0. The zero-order valence-electron chi connectivity index (χ0n) is 11.2. The van der Waals surface area contributed by atoms with E-state index in [2.05, 4.69) is 4.98 Å². The van der Waals surface area contributed by atoms with Gasteiger partial charge in [0, 0.05) is 0 Å². The van der Waals surface area contributed by atoms with Crippen LogP contribution in [0.1, 0.15) is 0 Å². The van der Waals surface area contributed by atoms with Crippen molar-refractivity contribution in [3.63, 3.8) is 0 Å². The van der Waals surface area contributed by atoms with E-state index in [4.69, 9.17) is 0 Å². The highest BCUT2D eigenvalue weighted by molar-refractivity contribution is 8.09. The van der Waals surface area contributed by atoms with Crippen molar-refractivity contribution >= 4 is 53.4 Å². The summed E-state index contributed by atoms with van der Waals surface area (Å²) in [6, 6.07) is 1.61. The van der Waals surface area contributed by atoms with E-state index in [1.165, 1.54) is 0 Å². The van der Waals surface area contributed by atoms with Gasteiger partial charge in [0.25, 0.3) is 25.6 Å². The maximum absolute atomic E-state index is 12.5. The van der Waals surface area contributed by atoms with Gasteiger partial charge in [-0.3, -0.25) is 4.79 Å². The van der Waals surface area contributed by atoms with Crippen LogP contribution < -0.4 is 9.38 Å². The first-order chi connectivity index (χ1) is 9.57. The largest absolute Gasteiger partial charge is 0.292 e. The third kappa shape index (κ3) is 2.93. The Labute approximate surface area is 129 Å². The molecule has 0 aliphatic carbocycles. The fourth-order valence-electron chi connectivity index (χ4n) is 1.70. The first-order valence-corrected chi connectivity index (χ1v) is 11.1. The molecular formula is C9H11N3O5S4. The van der Waals surface area contributed by atoms with Crippen molar-refractivity contribution in [2.24, 2.45) is 0 Å². The number of sulfonamides is 2. The molecule has 0 saturated carbocycles. The van der Waals surface area contributed by atoms with E-state index >= 15 is 0 Å². The van der Waals surface area contributed by atoms with E-state index in [0.717, 1.165) is 23.1 Å². The van der Waals surface area contributed by atoms with Crippen LogP contribution in [-0.2, 0) is 20.0 Å². The third-order valence-electron chi connectivity index (χ3n) is 2.34. The lowest BCUT2D eigenvalue weighted by Crippen LogP contribution is -2.50. The summed E-state index contributed by atoms with van der Waals surface area (Å²) in [4.78, 5) is 16.6. The average Bonchev–Trinajstić information content (AvgIpc) is 2.77. The molecule has 0 unspecified atom stereocenters. The predicted molar refractivity (Wildman–Crippen MR) is 83.6 cm³/mol. The van der Waals surface area contributed by atoms with Crippen LogP contribution in [0, 0.1) is 0 Å². The average molecular weight is 369 g/mol. The molecule has 0 radical (unpaired) electrons. The van der Waals surface area contributed by atoms with Gasteiger partial charge in [0.05, 0.1) is 18.0 Å². The number of thiophene rings is 1. The van der Waals surface area contributed by atoms with Gasteiger partial charge in [0.2, 0.25) is 0 Å². The highest BCUT2D eigenvalue weighted by atomic mass is 32.3. The standard InChI is InChI=1S/C9H11N3O5S4/c1-18-9-10-6-4-5-19-7(6)8(13)11(9)12(20(2,14)15)21(3,16)17/h4-5H,1-3H3. The van der Waals surface area contributed by atoms with E-state index in [-0.39, 0.29) is 13.7 Å². The molecule has 8 nitrogen and oxygen atoms in total. The lowest BCUT2D eigenvalue weighted by atomic mass is 10.5. The Morgan fingerprint density at radius 1 is 1.24 bits per heavy atom. The van der Waals surface area contributed by atoms with Gasteiger partial charge in [-0.15, -0.1) is 11.3 Å². The van der Waals surface area contributed by atoms with Crippen LogP contribution in [-0.4, -0.2) is 45.3 Å². The molecule has 0 aliphatic rings. The molecule has 0 spiro atoms. The zero-order valence-corrected chi connectivity index (χ0v) is 14.4. The fraction of sp³-hybridized carbons (Fsp3) is 0.333. The van der Waals surface area contributed by atoms with Gasteiger partial charge >= 0.3 is 0 Å². The second-order valence-electron chi connectivity index (χ2n) is 4.05. The van der Waals surface area contributed by atoms with Crippen molar-refractivity contribution in [2.75, 3.05) is 22.6 Å². The molecule has 21 heavy (non-hydrogen) atoms. The molecule has 2 heterocycles. The number of nitrogens with zero attached hydrogens (tertiary/aromatic N) is 3. The Bertz CT molecular complexity index is 925. The molecule has 0 amide bonds. The summed E-state index contributed by atoms with van der Waals surface area (Å²) in [5.74, 6) is 0. The molecule has 0 saturated heterocycles. The van der Waals surface area contributed by atoms with Crippen molar-refractivity contribution in [3.05, 3.63) is 21.8 Å². The van der Waals surface area contributed by atoms with Crippen LogP contribution >= 0.6 is 23.1 Å². The van der Waals surface area contributed by atoms with Crippen LogP contribution in [0.15, 0.2) is 21.4 Å². The number of thioether (sulfide) groups is 1. The SMILES string of the molecule is CSc1nc2ccsc2c(=O)n1N(S(C)(=O)=O)S(C)(=O)=O. The second kappa shape index (κ2) is 5.26. The first kappa shape index (κ1) is 16.3. The smallest absolute Gasteiger partial charge is 0.266 e. The summed E-state index contributed by atoms with van der Waals surface area (Å²) in [5, 5.41) is 1.60. The van der Waals surface area contributed by atoms with Crippen molar-refractivity contribution in [1.82, 2.24) is 9.66 Å². The van der Waals surface area contributed by atoms with Gasteiger partial charge < -0.3 is 0 Å². The lowest BCUT2D eigenvalue weighted by Gasteiger charge is -2.22.